The highest BCUT2D eigenvalue weighted by Crippen LogP contribution is 2.38. The summed E-state index contributed by atoms with van der Waals surface area (Å²) in [5, 5.41) is 0. The van der Waals surface area contributed by atoms with Gasteiger partial charge in [-0.2, -0.15) is 0 Å². The maximum absolute atomic E-state index is 5.50. The third kappa shape index (κ3) is 4.26. The van der Waals surface area contributed by atoms with Gasteiger partial charge in [0.15, 0.2) is 11.5 Å². The van der Waals surface area contributed by atoms with Gasteiger partial charge in [0.2, 0.25) is 5.75 Å². The fraction of sp³-hybridized carbons (Fsp3) is 0.714. The molecule has 1 saturated heterocycles. The van der Waals surface area contributed by atoms with Crippen LogP contribution >= 0.6 is 0 Å². The number of methoxy groups -OCH3 is 3. The van der Waals surface area contributed by atoms with E-state index in [2.05, 4.69) is 19.1 Å². The predicted molar refractivity (Wildman–Crippen MR) is 103 cm³/mol. The Balaban J connectivity index is 1.60. The molecule has 2 fully saturated rings. The maximum Gasteiger partial charge on any atom is 0.203 e. The van der Waals surface area contributed by atoms with Gasteiger partial charge in [0.25, 0.3) is 0 Å². The largest absolute Gasteiger partial charge is 0.493 e. The second-order valence-corrected chi connectivity index (χ2v) is 7.99. The number of nitrogens with one attached hydrogen (secondary N) is 2. The van der Waals surface area contributed by atoms with Crippen molar-refractivity contribution >= 4 is 0 Å². The van der Waals surface area contributed by atoms with Crippen molar-refractivity contribution in [3.63, 3.8) is 0 Å². The van der Waals surface area contributed by atoms with E-state index in [1.165, 1.54) is 57.4 Å². The number of rotatable bonds is 6. The van der Waals surface area contributed by atoms with Crippen LogP contribution in [0.25, 0.3) is 0 Å². The van der Waals surface area contributed by atoms with Crippen LogP contribution in [0.15, 0.2) is 12.1 Å². The summed E-state index contributed by atoms with van der Waals surface area (Å²) in [6.07, 6.45) is 5.72. The summed E-state index contributed by atoms with van der Waals surface area (Å²) in [4.78, 5) is 3.51. The normalized spacial score (nSPS) is 29.2. The molecule has 0 unspecified atom stereocenters. The smallest absolute Gasteiger partial charge is 0.203 e. The lowest BCUT2D eigenvalue weighted by atomic mass is 9.84. The van der Waals surface area contributed by atoms with Crippen LogP contribution < -0.4 is 24.0 Å². The molecule has 0 spiro atoms. The minimum absolute atomic E-state index is 0.675. The number of ether oxygens (including phenoxy) is 3. The highest BCUT2D eigenvalue weighted by Gasteiger charge is 2.34. The second-order valence-electron chi connectivity index (χ2n) is 7.99. The Morgan fingerprint density at radius 1 is 0.885 bits per heavy atom. The van der Waals surface area contributed by atoms with E-state index in [9.17, 15) is 0 Å². The van der Waals surface area contributed by atoms with Crippen LogP contribution in [0.2, 0.25) is 0 Å². The number of quaternary nitrogens is 2. The first-order valence-corrected chi connectivity index (χ1v) is 10.1. The quantitative estimate of drug-likeness (QED) is 0.775. The Bertz CT molecular complexity index is 560. The Labute approximate surface area is 158 Å². The average molecular weight is 365 g/mol. The second kappa shape index (κ2) is 8.96. The molecule has 146 valence electrons. The van der Waals surface area contributed by atoms with Crippen LogP contribution in [-0.4, -0.2) is 53.6 Å². The van der Waals surface area contributed by atoms with E-state index in [0.29, 0.717) is 5.75 Å². The molecule has 5 heteroatoms. The topological polar surface area (TPSA) is 36.6 Å². The fourth-order valence-electron chi connectivity index (χ4n) is 4.92. The van der Waals surface area contributed by atoms with Crippen molar-refractivity contribution in [3.05, 3.63) is 17.7 Å². The third-order valence-corrected chi connectivity index (χ3v) is 6.41. The summed E-state index contributed by atoms with van der Waals surface area (Å²) in [5.74, 6) is 3.08. The zero-order valence-corrected chi connectivity index (χ0v) is 16.9. The standard InChI is InChI=1S/C21H34N2O3/c1-16-7-5-6-8-18(16)23-11-9-22(10-12-23)15-17-13-19(24-2)21(26-4)20(14-17)25-3/h13-14,16,18H,5-12,15H2,1-4H3/p+2/t16-,18-/m0/s1. The van der Waals surface area contributed by atoms with Crippen LogP contribution in [0.5, 0.6) is 17.2 Å². The average Bonchev–Trinajstić information content (AvgIpc) is 2.68. The highest BCUT2D eigenvalue weighted by atomic mass is 16.5. The molecule has 0 bridgehead atoms. The molecule has 0 aromatic heterocycles. The molecule has 0 radical (unpaired) electrons. The van der Waals surface area contributed by atoms with Crippen molar-refractivity contribution in [1.29, 1.82) is 0 Å². The van der Waals surface area contributed by atoms with Gasteiger partial charge in [0.1, 0.15) is 32.7 Å². The summed E-state index contributed by atoms with van der Waals surface area (Å²) >= 11 is 0. The number of piperazine rings is 1. The summed E-state index contributed by atoms with van der Waals surface area (Å²) in [6.45, 7) is 8.57. The van der Waals surface area contributed by atoms with E-state index < -0.39 is 0 Å². The van der Waals surface area contributed by atoms with Crippen LogP contribution in [0, 0.1) is 5.92 Å². The Morgan fingerprint density at radius 2 is 1.50 bits per heavy atom. The lowest BCUT2D eigenvalue weighted by molar-refractivity contribution is -1.03. The van der Waals surface area contributed by atoms with Gasteiger partial charge in [-0.1, -0.05) is 13.3 Å². The molecular weight excluding hydrogens is 328 g/mol. The lowest BCUT2D eigenvalue weighted by Crippen LogP contribution is -3.29. The van der Waals surface area contributed by atoms with E-state index >= 15 is 0 Å². The molecule has 2 aliphatic rings. The van der Waals surface area contributed by atoms with Crippen LogP contribution in [0.4, 0.5) is 0 Å². The van der Waals surface area contributed by atoms with Crippen molar-refractivity contribution in [2.45, 2.75) is 45.2 Å². The van der Waals surface area contributed by atoms with E-state index in [4.69, 9.17) is 14.2 Å². The molecule has 1 aliphatic heterocycles. The van der Waals surface area contributed by atoms with Gasteiger partial charge in [0, 0.05) is 11.5 Å². The first-order chi connectivity index (χ1) is 12.7. The van der Waals surface area contributed by atoms with Gasteiger partial charge >= 0.3 is 0 Å². The molecule has 1 aromatic rings. The molecule has 26 heavy (non-hydrogen) atoms. The molecular formula is C21H36N2O3+2. The van der Waals surface area contributed by atoms with Crippen LogP contribution in [-0.2, 0) is 6.54 Å². The van der Waals surface area contributed by atoms with Gasteiger partial charge < -0.3 is 24.0 Å². The Hall–Kier alpha value is -1.46. The van der Waals surface area contributed by atoms with Crippen molar-refractivity contribution in [3.8, 4) is 17.2 Å². The molecule has 0 amide bonds. The number of hydrogen-bond acceptors (Lipinski definition) is 3. The SMILES string of the molecule is COc1cc(C[NH+]2CC[NH+]([C@H]3CCCC[C@@H]3C)CC2)cc(OC)c1OC. The summed E-state index contributed by atoms with van der Waals surface area (Å²) < 4.78 is 16.4. The summed E-state index contributed by atoms with van der Waals surface area (Å²) in [7, 11) is 5.02. The molecule has 1 aliphatic carbocycles. The van der Waals surface area contributed by atoms with Gasteiger partial charge in [0.05, 0.1) is 27.4 Å². The zero-order chi connectivity index (χ0) is 18.5. The van der Waals surface area contributed by atoms with E-state index in [-0.39, 0.29) is 0 Å². The molecule has 2 atom stereocenters. The van der Waals surface area contributed by atoms with Gasteiger partial charge in [-0.15, -0.1) is 0 Å². The summed E-state index contributed by atoms with van der Waals surface area (Å²) in [5.41, 5.74) is 1.25. The van der Waals surface area contributed by atoms with Gasteiger partial charge in [-0.3, -0.25) is 0 Å². The van der Waals surface area contributed by atoms with Crippen LogP contribution in [0.1, 0.15) is 38.2 Å². The number of benzene rings is 1. The van der Waals surface area contributed by atoms with Gasteiger partial charge in [-0.05, 0) is 31.4 Å². The van der Waals surface area contributed by atoms with Crippen molar-refractivity contribution in [2.75, 3.05) is 47.5 Å². The first kappa shape index (κ1) is 19.3. The van der Waals surface area contributed by atoms with Crippen molar-refractivity contribution in [1.82, 2.24) is 0 Å². The predicted octanol–water partition coefficient (Wildman–Crippen LogP) is 0.575. The lowest BCUT2D eigenvalue weighted by Gasteiger charge is -2.39. The van der Waals surface area contributed by atoms with Gasteiger partial charge in [-0.25, -0.2) is 0 Å². The molecule has 3 rings (SSSR count). The molecule has 1 aromatic carbocycles. The number of hydrogen-bond donors (Lipinski definition) is 2. The Morgan fingerprint density at radius 3 is 2.04 bits per heavy atom. The maximum atomic E-state index is 5.50. The third-order valence-electron chi connectivity index (χ3n) is 6.41. The molecule has 5 nitrogen and oxygen atoms in total. The molecule has 1 saturated carbocycles. The van der Waals surface area contributed by atoms with Crippen LogP contribution in [0.3, 0.4) is 0 Å². The summed E-state index contributed by atoms with van der Waals surface area (Å²) in [6, 6.07) is 5.08. The van der Waals surface area contributed by atoms with E-state index in [1.807, 2.05) is 4.90 Å². The fourth-order valence-corrected chi connectivity index (χ4v) is 4.92. The molecule has 2 N–H and O–H groups in total. The van der Waals surface area contributed by atoms with Crippen molar-refractivity contribution < 1.29 is 24.0 Å². The highest BCUT2D eigenvalue weighted by molar-refractivity contribution is 5.53. The Kier molecular flexibility index (Phi) is 6.65. The van der Waals surface area contributed by atoms with E-state index in [1.54, 1.807) is 26.2 Å². The minimum atomic E-state index is 0.675. The molecule has 1 heterocycles. The first-order valence-electron chi connectivity index (χ1n) is 10.1. The van der Waals surface area contributed by atoms with Crippen molar-refractivity contribution in [2.24, 2.45) is 5.92 Å². The zero-order valence-electron chi connectivity index (χ0n) is 16.9. The van der Waals surface area contributed by atoms with E-state index in [0.717, 1.165) is 30.0 Å². The monoisotopic (exact) mass is 364 g/mol. The minimum Gasteiger partial charge on any atom is -0.493 e.